The molecule has 6 nitrogen and oxygen atoms in total. The Morgan fingerprint density at radius 2 is 1.74 bits per heavy atom. The lowest BCUT2D eigenvalue weighted by atomic mass is 10.1. The molecule has 5 rings (SSSR count). The zero-order chi connectivity index (χ0) is 21.4. The number of oxazole rings is 1. The van der Waals surface area contributed by atoms with E-state index < -0.39 is 6.04 Å². The number of anilines is 1. The lowest BCUT2D eigenvalue weighted by Gasteiger charge is -2.26. The molecule has 1 aromatic heterocycles. The van der Waals surface area contributed by atoms with Gasteiger partial charge in [0.15, 0.2) is 5.69 Å². The van der Waals surface area contributed by atoms with E-state index >= 15 is 0 Å². The van der Waals surface area contributed by atoms with E-state index in [0.717, 1.165) is 24.1 Å². The maximum atomic E-state index is 13.6. The van der Waals surface area contributed by atoms with Gasteiger partial charge in [-0.1, -0.05) is 36.4 Å². The number of rotatable bonds is 6. The third kappa shape index (κ3) is 3.63. The first-order valence-corrected chi connectivity index (χ1v) is 10.9. The molecular formula is C25H25N3O3. The molecule has 1 aliphatic carbocycles. The molecular weight excluding hydrogens is 390 g/mol. The van der Waals surface area contributed by atoms with E-state index in [9.17, 15) is 9.59 Å². The highest BCUT2D eigenvalue weighted by Gasteiger charge is 2.41. The molecule has 6 heteroatoms. The van der Waals surface area contributed by atoms with Crippen molar-refractivity contribution in [2.45, 2.75) is 38.1 Å². The van der Waals surface area contributed by atoms with Crippen molar-refractivity contribution in [3.05, 3.63) is 72.1 Å². The summed E-state index contributed by atoms with van der Waals surface area (Å²) in [7, 11) is 0. The van der Waals surface area contributed by atoms with E-state index in [4.69, 9.17) is 4.42 Å². The topological polar surface area (TPSA) is 66.7 Å². The average molecular weight is 415 g/mol. The van der Waals surface area contributed by atoms with Crippen molar-refractivity contribution < 1.29 is 14.0 Å². The Bertz CT molecular complexity index is 1090. The quantitative estimate of drug-likeness (QED) is 0.595. The normalized spacial score (nSPS) is 18.4. The zero-order valence-corrected chi connectivity index (χ0v) is 17.5. The molecule has 1 saturated carbocycles. The summed E-state index contributed by atoms with van der Waals surface area (Å²) in [6, 6.07) is 18.8. The van der Waals surface area contributed by atoms with Crippen LogP contribution in [-0.4, -0.2) is 40.8 Å². The van der Waals surface area contributed by atoms with Gasteiger partial charge in [0.1, 0.15) is 11.8 Å². The first kappa shape index (κ1) is 19.5. The summed E-state index contributed by atoms with van der Waals surface area (Å²) >= 11 is 0. The molecule has 1 saturated heterocycles. The van der Waals surface area contributed by atoms with E-state index in [1.165, 1.54) is 0 Å². The second kappa shape index (κ2) is 8.02. The van der Waals surface area contributed by atoms with Gasteiger partial charge in [-0.15, -0.1) is 0 Å². The number of nitrogens with zero attached hydrogens (tertiary/aromatic N) is 3. The van der Waals surface area contributed by atoms with Crippen LogP contribution >= 0.6 is 0 Å². The van der Waals surface area contributed by atoms with Crippen LogP contribution in [0.5, 0.6) is 0 Å². The first-order chi connectivity index (χ1) is 15.2. The van der Waals surface area contributed by atoms with Crippen molar-refractivity contribution in [2.24, 2.45) is 0 Å². The van der Waals surface area contributed by atoms with Gasteiger partial charge in [-0.2, -0.15) is 0 Å². The summed E-state index contributed by atoms with van der Waals surface area (Å²) in [5, 5.41) is 0. The van der Waals surface area contributed by atoms with E-state index in [1.54, 1.807) is 9.80 Å². The summed E-state index contributed by atoms with van der Waals surface area (Å²) in [6.07, 6.45) is 2.61. The monoisotopic (exact) mass is 415 g/mol. The fourth-order valence-electron chi connectivity index (χ4n) is 4.27. The summed E-state index contributed by atoms with van der Waals surface area (Å²) in [5.74, 6) is 1.10. The van der Waals surface area contributed by atoms with Crippen molar-refractivity contribution in [1.82, 2.24) is 9.88 Å². The predicted molar refractivity (Wildman–Crippen MR) is 118 cm³/mol. The van der Waals surface area contributed by atoms with Crippen molar-refractivity contribution in [1.29, 1.82) is 0 Å². The van der Waals surface area contributed by atoms with Crippen LogP contribution in [0.1, 0.15) is 48.4 Å². The zero-order valence-electron chi connectivity index (χ0n) is 17.5. The summed E-state index contributed by atoms with van der Waals surface area (Å²) in [5.41, 5.74) is 2.07. The third-order valence-electron chi connectivity index (χ3n) is 6.05. The Morgan fingerprint density at radius 1 is 1.06 bits per heavy atom. The number of hydrogen-bond acceptors (Lipinski definition) is 4. The van der Waals surface area contributed by atoms with Crippen LogP contribution in [-0.2, 0) is 4.79 Å². The largest absolute Gasteiger partial charge is 0.440 e. The molecule has 2 amide bonds. The van der Waals surface area contributed by atoms with Crippen molar-refractivity contribution in [2.75, 3.05) is 18.0 Å². The Labute approximate surface area is 181 Å². The molecule has 0 N–H and O–H groups in total. The minimum atomic E-state index is -0.485. The van der Waals surface area contributed by atoms with Crippen LogP contribution in [0.3, 0.4) is 0 Å². The van der Waals surface area contributed by atoms with Crippen molar-refractivity contribution in [3.63, 3.8) is 0 Å². The van der Waals surface area contributed by atoms with Gasteiger partial charge in [-0.05, 0) is 50.5 Å². The molecule has 0 spiro atoms. The number of para-hydroxylation sites is 1. The number of carbonyl (C=O) groups is 2. The number of likely N-dealkylation sites (N-methyl/N-ethyl adjacent to an activating group) is 1. The summed E-state index contributed by atoms with van der Waals surface area (Å²) < 4.78 is 6.07. The van der Waals surface area contributed by atoms with E-state index in [2.05, 4.69) is 4.98 Å². The number of carbonyl (C=O) groups excluding carboxylic acids is 2. The van der Waals surface area contributed by atoms with Crippen LogP contribution < -0.4 is 4.90 Å². The van der Waals surface area contributed by atoms with Gasteiger partial charge in [-0.25, -0.2) is 4.98 Å². The molecule has 158 valence electrons. The maximum Gasteiger partial charge on any atom is 0.276 e. The van der Waals surface area contributed by atoms with Crippen LogP contribution in [0.4, 0.5) is 5.69 Å². The lowest BCUT2D eigenvalue weighted by molar-refractivity contribution is -0.120. The van der Waals surface area contributed by atoms with E-state index in [1.807, 2.05) is 67.6 Å². The molecule has 1 atom stereocenters. The number of hydrogen-bond donors (Lipinski definition) is 0. The fraction of sp³-hybridized carbons (Fsp3) is 0.320. The summed E-state index contributed by atoms with van der Waals surface area (Å²) in [4.78, 5) is 34.8. The van der Waals surface area contributed by atoms with Crippen molar-refractivity contribution in [3.8, 4) is 11.5 Å². The molecule has 2 fully saturated rings. The maximum absolute atomic E-state index is 13.6. The lowest BCUT2D eigenvalue weighted by Crippen LogP contribution is -2.45. The van der Waals surface area contributed by atoms with Gasteiger partial charge in [-0.3, -0.25) is 9.59 Å². The van der Waals surface area contributed by atoms with Crippen LogP contribution in [0.15, 0.2) is 65.1 Å². The molecule has 1 unspecified atom stereocenters. The third-order valence-corrected chi connectivity index (χ3v) is 6.05. The minimum Gasteiger partial charge on any atom is -0.440 e. The Morgan fingerprint density at radius 3 is 2.39 bits per heavy atom. The van der Waals surface area contributed by atoms with E-state index in [-0.39, 0.29) is 17.7 Å². The van der Waals surface area contributed by atoms with Gasteiger partial charge in [0.05, 0.1) is 0 Å². The second-order valence-electron chi connectivity index (χ2n) is 8.09. The molecule has 2 aliphatic rings. The van der Waals surface area contributed by atoms with Gasteiger partial charge >= 0.3 is 0 Å². The Balaban J connectivity index is 1.44. The Kier molecular flexibility index (Phi) is 5.06. The molecule has 2 aromatic carbocycles. The fourth-order valence-corrected chi connectivity index (χ4v) is 4.27. The van der Waals surface area contributed by atoms with Crippen LogP contribution in [0.25, 0.3) is 11.5 Å². The van der Waals surface area contributed by atoms with Crippen LogP contribution in [0.2, 0.25) is 0 Å². The molecule has 3 aromatic rings. The minimum absolute atomic E-state index is 0.0406. The molecule has 0 bridgehead atoms. The van der Waals surface area contributed by atoms with Gasteiger partial charge in [0.2, 0.25) is 11.8 Å². The highest BCUT2D eigenvalue weighted by atomic mass is 16.4. The highest BCUT2D eigenvalue weighted by Crippen LogP contribution is 2.43. The Hall–Kier alpha value is -3.41. The predicted octanol–water partition coefficient (Wildman–Crippen LogP) is 4.49. The first-order valence-electron chi connectivity index (χ1n) is 10.9. The average Bonchev–Trinajstić information content (AvgIpc) is 3.45. The standard InChI is InChI=1S/C25H25N3O3/c1-2-27(20-15-16-28(24(20)29)19-11-7-4-8-12-19)25(30)21-22(17-13-14-17)31-23(26-21)18-9-5-3-6-10-18/h3-12,17,20H,2,13-16H2,1H3. The second-order valence-corrected chi connectivity index (χ2v) is 8.09. The smallest absolute Gasteiger partial charge is 0.276 e. The number of aromatic nitrogens is 1. The van der Waals surface area contributed by atoms with E-state index in [0.29, 0.717) is 36.9 Å². The summed E-state index contributed by atoms with van der Waals surface area (Å²) in [6.45, 7) is 2.95. The molecule has 0 radical (unpaired) electrons. The SMILES string of the molecule is CCN(C(=O)c1nc(-c2ccccc2)oc1C1CC1)C1CCN(c2ccccc2)C1=O. The number of benzene rings is 2. The highest BCUT2D eigenvalue weighted by molar-refractivity contribution is 6.03. The van der Waals surface area contributed by atoms with Gasteiger partial charge in [0, 0.05) is 30.3 Å². The van der Waals surface area contributed by atoms with Crippen LogP contribution in [0, 0.1) is 0 Å². The van der Waals surface area contributed by atoms with Gasteiger partial charge in [0.25, 0.3) is 5.91 Å². The number of amides is 2. The van der Waals surface area contributed by atoms with Crippen molar-refractivity contribution >= 4 is 17.5 Å². The van der Waals surface area contributed by atoms with Gasteiger partial charge < -0.3 is 14.2 Å². The molecule has 2 heterocycles. The molecule has 1 aliphatic heterocycles. The molecule has 31 heavy (non-hydrogen) atoms.